The number of carbonyl (C=O) groups excluding carboxylic acids is 2. The number of benzene rings is 2. The van der Waals surface area contributed by atoms with Crippen molar-refractivity contribution in [3.05, 3.63) is 53.6 Å². The van der Waals surface area contributed by atoms with Gasteiger partial charge in [-0.15, -0.1) is 0 Å². The van der Waals surface area contributed by atoms with Crippen LogP contribution < -0.4 is 14.8 Å². The number of esters is 1. The van der Waals surface area contributed by atoms with Gasteiger partial charge in [-0.2, -0.15) is 0 Å². The van der Waals surface area contributed by atoms with Crippen molar-refractivity contribution in [3.8, 4) is 11.5 Å². The number of nitrogens with one attached hydrogen (secondary N) is 1. The number of para-hydroxylation sites is 2. The molecule has 0 radical (unpaired) electrons. The standard InChI is InChI=1S/C19H19NO5/c1-12-7-8-14(9-13(12)2)20-18(21)11-24-19(22)17-10-23-15-5-3-4-6-16(15)25-17/h3-9,17H,10-11H2,1-2H3,(H,20,21)/t17-/m1/s1. The molecular weight excluding hydrogens is 322 g/mol. The molecule has 0 bridgehead atoms. The van der Waals surface area contributed by atoms with Gasteiger partial charge in [0.2, 0.25) is 6.10 Å². The third-order valence-electron chi connectivity index (χ3n) is 3.91. The van der Waals surface area contributed by atoms with Crippen molar-refractivity contribution in [2.75, 3.05) is 18.5 Å². The summed E-state index contributed by atoms with van der Waals surface area (Å²) in [5.74, 6) is 0.0211. The zero-order valence-electron chi connectivity index (χ0n) is 14.1. The molecule has 1 aliphatic heterocycles. The van der Waals surface area contributed by atoms with Gasteiger partial charge in [-0.25, -0.2) is 4.79 Å². The molecule has 6 nitrogen and oxygen atoms in total. The minimum absolute atomic E-state index is 0.0502. The van der Waals surface area contributed by atoms with Crippen LogP contribution in [0.2, 0.25) is 0 Å². The monoisotopic (exact) mass is 341 g/mol. The summed E-state index contributed by atoms with van der Waals surface area (Å²) in [7, 11) is 0. The molecule has 0 saturated carbocycles. The highest BCUT2D eigenvalue weighted by atomic mass is 16.6. The molecule has 6 heteroatoms. The van der Waals surface area contributed by atoms with Gasteiger partial charge >= 0.3 is 5.97 Å². The van der Waals surface area contributed by atoms with E-state index in [0.717, 1.165) is 11.1 Å². The third-order valence-corrected chi connectivity index (χ3v) is 3.91. The van der Waals surface area contributed by atoms with E-state index in [0.29, 0.717) is 17.2 Å². The second kappa shape index (κ2) is 7.25. The number of carbonyl (C=O) groups is 2. The maximum Gasteiger partial charge on any atom is 0.351 e. The van der Waals surface area contributed by atoms with Crippen LogP contribution in [0.5, 0.6) is 11.5 Å². The number of fused-ring (bicyclic) bond motifs is 1. The van der Waals surface area contributed by atoms with E-state index in [1.807, 2.05) is 32.0 Å². The Labute approximate surface area is 145 Å². The lowest BCUT2D eigenvalue weighted by molar-refractivity contribution is -0.156. The van der Waals surface area contributed by atoms with Crippen molar-refractivity contribution < 1.29 is 23.8 Å². The van der Waals surface area contributed by atoms with E-state index in [1.165, 1.54) is 0 Å². The van der Waals surface area contributed by atoms with Crippen LogP contribution in [0, 0.1) is 13.8 Å². The largest absolute Gasteiger partial charge is 0.485 e. The van der Waals surface area contributed by atoms with E-state index in [-0.39, 0.29) is 13.2 Å². The fourth-order valence-corrected chi connectivity index (χ4v) is 2.38. The van der Waals surface area contributed by atoms with Gasteiger partial charge in [0.05, 0.1) is 0 Å². The molecule has 0 fully saturated rings. The minimum atomic E-state index is -0.885. The molecule has 0 saturated heterocycles. The van der Waals surface area contributed by atoms with Gasteiger partial charge in [-0.05, 0) is 49.2 Å². The molecule has 25 heavy (non-hydrogen) atoms. The third kappa shape index (κ3) is 4.09. The van der Waals surface area contributed by atoms with Gasteiger partial charge in [-0.3, -0.25) is 4.79 Å². The van der Waals surface area contributed by atoms with Gasteiger partial charge in [-0.1, -0.05) is 18.2 Å². The summed E-state index contributed by atoms with van der Waals surface area (Å²) in [6, 6.07) is 12.7. The van der Waals surface area contributed by atoms with Crippen molar-refractivity contribution in [1.82, 2.24) is 0 Å². The Hall–Kier alpha value is -3.02. The van der Waals surface area contributed by atoms with E-state index in [4.69, 9.17) is 14.2 Å². The molecule has 1 N–H and O–H groups in total. The molecule has 0 aromatic heterocycles. The Bertz CT molecular complexity index is 802. The Morgan fingerprint density at radius 1 is 1.12 bits per heavy atom. The molecule has 3 rings (SSSR count). The fourth-order valence-electron chi connectivity index (χ4n) is 2.38. The van der Waals surface area contributed by atoms with Crippen LogP contribution in [-0.4, -0.2) is 31.2 Å². The molecule has 0 unspecified atom stereocenters. The summed E-state index contributed by atoms with van der Waals surface area (Å²) in [4.78, 5) is 24.0. The van der Waals surface area contributed by atoms with E-state index >= 15 is 0 Å². The highest BCUT2D eigenvalue weighted by molar-refractivity contribution is 5.93. The Morgan fingerprint density at radius 3 is 2.64 bits per heavy atom. The summed E-state index contributed by atoms with van der Waals surface area (Å²) in [5.41, 5.74) is 2.87. The lowest BCUT2D eigenvalue weighted by Gasteiger charge is -2.24. The van der Waals surface area contributed by atoms with Crippen LogP contribution in [0.1, 0.15) is 11.1 Å². The quantitative estimate of drug-likeness (QED) is 0.866. The lowest BCUT2D eigenvalue weighted by atomic mass is 10.1. The number of amides is 1. The van der Waals surface area contributed by atoms with Crippen molar-refractivity contribution in [2.45, 2.75) is 20.0 Å². The van der Waals surface area contributed by atoms with Gasteiger partial charge in [0.1, 0.15) is 6.61 Å². The topological polar surface area (TPSA) is 73.9 Å². The van der Waals surface area contributed by atoms with Crippen molar-refractivity contribution in [1.29, 1.82) is 0 Å². The van der Waals surface area contributed by atoms with Crippen LogP contribution >= 0.6 is 0 Å². The fraction of sp³-hybridized carbons (Fsp3) is 0.263. The van der Waals surface area contributed by atoms with Crippen LogP contribution in [0.25, 0.3) is 0 Å². The van der Waals surface area contributed by atoms with Crippen molar-refractivity contribution >= 4 is 17.6 Å². The van der Waals surface area contributed by atoms with Crippen LogP contribution in [0.3, 0.4) is 0 Å². The smallest absolute Gasteiger partial charge is 0.351 e. The van der Waals surface area contributed by atoms with E-state index < -0.39 is 18.0 Å². The van der Waals surface area contributed by atoms with Crippen molar-refractivity contribution in [3.63, 3.8) is 0 Å². The van der Waals surface area contributed by atoms with Gasteiger partial charge in [0, 0.05) is 5.69 Å². The molecule has 0 aliphatic carbocycles. The maximum absolute atomic E-state index is 12.1. The summed E-state index contributed by atoms with van der Waals surface area (Å²) in [5, 5.41) is 2.70. The van der Waals surface area contributed by atoms with Crippen LogP contribution in [0.15, 0.2) is 42.5 Å². The molecule has 1 amide bonds. The van der Waals surface area contributed by atoms with E-state index in [9.17, 15) is 9.59 Å². The van der Waals surface area contributed by atoms with E-state index in [2.05, 4.69) is 5.32 Å². The summed E-state index contributed by atoms with van der Waals surface area (Å²) in [6.07, 6.45) is -0.885. The summed E-state index contributed by atoms with van der Waals surface area (Å²) >= 11 is 0. The number of rotatable bonds is 4. The van der Waals surface area contributed by atoms with Crippen LogP contribution in [-0.2, 0) is 14.3 Å². The van der Waals surface area contributed by atoms with Gasteiger partial charge < -0.3 is 19.5 Å². The second-order valence-electron chi connectivity index (χ2n) is 5.82. The molecule has 1 aliphatic rings. The van der Waals surface area contributed by atoms with E-state index in [1.54, 1.807) is 24.3 Å². The Kier molecular flexibility index (Phi) is 4.88. The number of aryl methyl sites for hydroxylation is 2. The van der Waals surface area contributed by atoms with Crippen LogP contribution in [0.4, 0.5) is 5.69 Å². The molecule has 0 spiro atoms. The first-order valence-electron chi connectivity index (χ1n) is 7.95. The molecule has 1 heterocycles. The second-order valence-corrected chi connectivity index (χ2v) is 5.82. The summed E-state index contributed by atoms with van der Waals surface area (Å²) in [6.45, 7) is 3.62. The first kappa shape index (κ1) is 16.8. The predicted octanol–water partition coefficient (Wildman–Crippen LogP) is 2.63. The number of hydrogen-bond acceptors (Lipinski definition) is 5. The first-order chi connectivity index (χ1) is 12.0. The summed E-state index contributed by atoms with van der Waals surface area (Å²) < 4.78 is 16.0. The average molecular weight is 341 g/mol. The normalized spacial score (nSPS) is 15.4. The van der Waals surface area contributed by atoms with Crippen molar-refractivity contribution in [2.24, 2.45) is 0 Å². The number of anilines is 1. The molecule has 2 aromatic rings. The number of hydrogen-bond donors (Lipinski definition) is 1. The van der Waals surface area contributed by atoms with Gasteiger partial charge in [0.25, 0.3) is 5.91 Å². The lowest BCUT2D eigenvalue weighted by Crippen LogP contribution is -2.39. The molecule has 130 valence electrons. The Balaban J connectivity index is 1.50. The first-order valence-corrected chi connectivity index (χ1v) is 7.95. The zero-order valence-corrected chi connectivity index (χ0v) is 14.1. The molecule has 1 atom stereocenters. The highest BCUT2D eigenvalue weighted by Gasteiger charge is 2.29. The molecular formula is C19H19NO5. The SMILES string of the molecule is Cc1ccc(NC(=O)COC(=O)[C@H]2COc3ccccc3O2)cc1C. The minimum Gasteiger partial charge on any atom is -0.485 e. The van der Waals surface area contributed by atoms with Gasteiger partial charge in [0.15, 0.2) is 18.1 Å². The highest BCUT2D eigenvalue weighted by Crippen LogP contribution is 2.31. The average Bonchev–Trinajstić information content (AvgIpc) is 2.62. The predicted molar refractivity (Wildman–Crippen MR) is 91.9 cm³/mol. The maximum atomic E-state index is 12.1. The number of ether oxygens (including phenoxy) is 3. The molecule has 2 aromatic carbocycles. The Morgan fingerprint density at radius 2 is 1.88 bits per heavy atom. The zero-order chi connectivity index (χ0) is 17.8.